The van der Waals surface area contributed by atoms with Crippen LogP contribution in [-0.4, -0.2) is 45.0 Å². The number of hydrogen-bond acceptors (Lipinski definition) is 5. The van der Waals surface area contributed by atoms with E-state index in [4.69, 9.17) is 0 Å². The summed E-state index contributed by atoms with van der Waals surface area (Å²) in [7, 11) is 0. The van der Waals surface area contributed by atoms with Gasteiger partial charge in [0.1, 0.15) is 0 Å². The number of rotatable bonds is 6. The highest BCUT2D eigenvalue weighted by Gasteiger charge is 2.17. The van der Waals surface area contributed by atoms with E-state index in [9.17, 15) is 4.79 Å². The molecule has 7 nitrogen and oxygen atoms in total. The molecule has 1 amide bonds. The average Bonchev–Trinajstić information content (AvgIpc) is 2.95. The third kappa shape index (κ3) is 4.62. The van der Waals surface area contributed by atoms with E-state index in [1.165, 1.54) is 38.5 Å². The molecule has 4 rings (SSSR count). The first kappa shape index (κ1) is 19.5. The molecule has 0 unspecified atom stereocenters. The van der Waals surface area contributed by atoms with Gasteiger partial charge in [-0.05, 0) is 44.0 Å². The number of nitrogens with zero attached hydrogens (tertiary/aromatic N) is 4. The van der Waals surface area contributed by atoms with Crippen LogP contribution in [0, 0.1) is 6.92 Å². The zero-order valence-corrected chi connectivity index (χ0v) is 16.9. The maximum atomic E-state index is 12.6. The third-order valence-electron chi connectivity index (χ3n) is 5.64. The lowest BCUT2D eigenvalue weighted by molar-refractivity contribution is 0.0948. The first-order chi connectivity index (χ1) is 14.2. The Morgan fingerprint density at radius 2 is 1.97 bits per heavy atom. The minimum Gasteiger partial charge on any atom is -0.349 e. The predicted octanol–water partition coefficient (Wildman–Crippen LogP) is 3.17. The Labute approximate surface area is 170 Å². The molecule has 0 aliphatic heterocycles. The monoisotopic (exact) mass is 392 g/mol. The summed E-state index contributed by atoms with van der Waals surface area (Å²) in [4.78, 5) is 16.9. The van der Waals surface area contributed by atoms with E-state index < -0.39 is 0 Å². The lowest BCUT2D eigenvalue weighted by Crippen LogP contribution is -2.37. The number of amides is 1. The van der Waals surface area contributed by atoms with Crippen molar-refractivity contribution in [3.05, 3.63) is 47.9 Å². The Hall–Kier alpha value is -2.80. The number of benzene rings is 1. The van der Waals surface area contributed by atoms with Gasteiger partial charge in [-0.3, -0.25) is 9.78 Å². The van der Waals surface area contributed by atoms with Crippen LogP contribution in [0.3, 0.4) is 0 Å². The van der Waals surface area contributed by atoms with Crippen molar-refractivity contribution in [1.82, 2.24) is 30.6 Å². The van der Waals surface area contributed by atoms with E-state index in [0.29, 0.717) is 18.3 Å². The second kappa shape index (κ2) is 9.13. The number of carbonyl (C=O) groups is 1. The van der Waals surface area contributed by atoms with Gasteiger partial charge in [0.25, 0.3) is 5.91 Å². The number of aromatic nitrogens is 4. The van der Waals surface area contributed by atoms with Crippen molar-refractivity contribution in [2.45, 2.75) is 51.5 Å². The minimum atomic E-state index is -0.182. The number of carbonyl (C=O) groups excluding carboxylic acids is 1. The van der Waals surface area contributed by atoms with Crippen molar-refractivity contribution in [2.24, 2.45) is 0 Å². The molecule has 0 radical (unpaired) electrons. The topological polar surface area (TPSA) is 84.7 Å². The van der Waals surface area contributed by atoms with E-state index in [1.807, 2.05) is 37.3 Å². The molecule has 2 aromatic heterocycles. The molecule has 0 saturated heterocycles. The molecule has 0 atom stereocenters. The quantitative estimate of drug-likeness (QED) is 0.497. The van der Waals surface area contributed by atoms with Gasteiger partial charge in [0, 0.05) is 30.7 Å². The number of pyridine rings is 1. The lowest BCUT2D eigenvalue weighted by atomic mass is 10.1. The molecule has 1 aromatic carbocycles. The molecule has 1 aliphatic carbocycles. The smallest absolute Gasteiger partial charge is 0.273 e. The first-order valence-corrected chi connectivity index (χ1v) is 10.5. The molecule has 2 heterocycles. The fourth-order valence-corrected chi connectivity index (χ4v) is 4.00. The maximum absolute atomic E-state index is 12.6. The Morgan fingerprint density at radius 3 is 2.79 bits per heavy atom. The van der Waals surface area contributed by atoms with Crippen molar-refractivity contribution >= 4 is 16.8 Å². The summed E-state index contributed by atoms with van der Waals surface area (Å²) in [6.45, 7) is 3.23. The van der Waals surface area contributed by atoms with Crippen molar-refractivity contribution in [1.29, 1.82) is 0 Å². The maximum Gasteiger partial charge on any atom is 0.273 e. The van der Waals surface area contributed by atoms with Gasteiger partial charge < -0.3 is 10.6 Å². The normalized spacial score (nSPS) is 15.3. The summed E-state index contributed by atoms with van der Waals surface area (Å²) in [5.41, 5.74) is 2.88. The highest BCUT2D eigenvalue weighted by molar-refractivity contribution is 5.93. The van der Waals surface area contributed by atoms with Gasteiger partial charge in [-0.1, -0.05) is 37.0 Å². The zero-order chi connectivity index (χ0) is 20.1. The summed E-state index contributed by atoms with van der Waals surface area (Å²) < 4.78 is 1.70. The Morgan fingerprint density at radius 1 is 1.14 bits per heavy atom. The summed E-state index contributed by atoms with van der Waals surface area (Å²) in [5.74, 6) is -0.182. The summed E-state index contributed by atoms with van der Waals surface area (Å²) >= 11 is 0. The summed E-state index contributed by atoms with van der Waals surface area (Å²) in [6.07, 6.45) is 9.55. The van der Waals surface area contributed by atoms with Crippen LogP contribution in [0.1, 0.15) is 54.7 Å². The van der Waals surface area contributed by atoms with Crippen LogP contribution < -0.4 is 10.6 Å². The van der Waals surface area contributed by atoms with Crippen molar-refractivity contribution in [2.75, 3.05) is 13.1 Å². The minimum absolute atomic E-state index is 0.182. The van der Waals surface area contributed by atoms with Crippen LogP contribution in [0.4, 0.5) is 0 Å². The highest BCUT2D eigenvalue weighted by Crippen LogP contribution is 2.18. The number of nitrogens with one attached hydrogen (secondary N) is 2. The van der Waals surface area contributed by atoms with Crippen LogP contribution in [0.15, 0.2) is 36.5 Å². The molecule has 2 N–H and O–H groups in total. The molecule has 0 bridgehead atoms. The standard InChI is InChI=1S/C22H28N6O/c1-16-21(22(29)25-14-13-23-18-8-4-2-3-5-9-18)26-27-28(16)19-10-11-20-17(15-19)7-6-12-24-20/h6-7,10-12,15,18,23H,2-5,8-9,13-14H2,1H3,(H,25,29). The zero-order valence-electron chi connectivity index (χ0n) is 16.9. The Balaban J connectivity index is 1.36. The fraction of sp³-hybridized carbons (Fsp3) is 0.455. The Bertz CT molecular complexity index is 974. The molecule has 29 heavy (non-hydrogen) atoms. The second-order valence-corrected chi connectivity index (χ2v) is 7.71. The van der Waals surface area contributed by atoms with Crippen LogP contribution >= 0.6 is 0 Å². The molecule has 3 aromatic rings. The van der Waals surface area contributed by atoms with E-state index in [0.717, 1.165) is 28.8 Å². The van der Waals surface area contributed by atoms with E-state index in [2.05, 4.69) is 25.9 Å². The summed E-state index contributed by atoms with van der Waals surface area (Å²) in [6, 6.07) is 10.4. The van der Waals surface area contributed by atoms with Crippen molar-refractivity contribution in [3.63, 3.8) is 0 Å². The van der Waals surface area contributed by atoms with Crippen molar-refractivity contribution in [3.8, 4) is 5.69 Å². The van der Waals surface area contributed by atoms with Gasteiger partial charge >= 0.3 is 0 Å². The first-order valence-electron chi connectivity index (χ1n) is 10.5. The van der Waals surface area contributed by atoms with E-state index >= 15 is 0 Å². The third-order valence-corrected chi connectivity index (χ3v) is 5.64. The highest BCUT2D eigenvalue weighted by atomic mass is 16.2. The van der Waals surface area contributed by atoms with E-state index in [-0.39, 0.29) is 5.91 Å². The van der Waals surface area contributed by atoms with Gasteiger partial charge in [-0.15, -0.1) is 5.10 Å². The van der Waals surface area contributed by atoms with Crippen LogP contribution in [-0.2, 0) is 0 Å². The van der Waals surface area contributed by atoms with Gasteiger partial charge in [-0.25, -0.2) is 4.68 Å². The molecule has 0 spiro atoms. The van der Waals surface area contributed by atoms with Gasteiger partial charge in [0.2, 0.25) is 0 Å². The van der Waals surface area contributed by atoms with Crippen LogP contribution in [0.5, 0.6) is 0 Å². The van der Waals surface area contributed by atoms with Crippen LogP contribution in [0.25, 0.3) is 16.6 Å². The average molecular weight is 393 g/mol. The Kier molecular flexibility index (Phi) is 6.14. The molecule has 1 aliphatic rings. The predicted molar refractivity (Wildman–Crippen MR) is 113 cm³/mol. The molecule has 152 valence electrons. The van der Waals surface area contributed by atoms with Gasteiger partial charge in [-0.2, -0.15) is 0 Å². The van der Waals surface area contributed by atoms with E-state index in [1.54, 1.807) is 10.9 Å². The van der Waals surface area contributed by atoms with Gasteiger partial charge in [0.05, 0.1) is 16.9 Å². The van der Waals surface area contributed by atoms with Gasteiger partial charge in [0.15, 0.2) is 5.69 Å². The number of fused-ring (bicyclic) bond motifs is 1. The molecular formula is C22H28N6O. The molecular weight excluding hydrogens is 364 g/mol. The molecule has 7 heteroatoms. The van der Waals surface area contributed by atoms with Crippen LogP contribution in [0.2, 0.25) is 0 Å². The fourth-order valence-electron chi connectivity index (χ4n) is 4.00. The summed E-state index contributed by atoms with van der Waals surface area (Å²) in [5, 5.41) is 15.9. The second-order valence-electron chi connectivity index (χ2n) is 7.71. The largest absolute Gasteiger partial charge is 0.349 e. The SMILES string of the molecule is Cc1c(C(=O)NCCNC2CCCCCC2)nnn1-c1ccc2ncccc2c1. The lowest BCUT2D eigenvalue weighted by Gasteiger charge is -2.16. The van der Waals surface area contributed by atoms with Crippen molar-refractivity contribution < 1.29 is 4.79 Å². The molecule has 1 saturated carbocycles. The number of hydrogen-bond donors (Lipinski definition) is 2. The molecule has 1 fully saturated rings.